The number of para-hydroxylation sites is 1. The SMILES string of the molecule is CN(CCOc1ccccc1)Cc1cc(=O)oc2cc(Br)ccc12. The van der Waals surface area contributed by atoms with Gasteiger partial charge >= 0.3 is 5.63 Å². The minimum atomic E-state index is -0.329. The van der Waals surface area contributed by atoms with E-state index in [9.17, 15) is 4.79 Å². The van der Waals surface area contributed by atoms with Crippen LogP contribution in [0.15, 0.2) is 68.3 Å². The minimum Gasteiger partial charge on any atom is -0.492 e. The molecule has 4 nitrogen and oxygen atoms in total. The average Bonchev–Trinajstić information content (AvgIpc) is 2.55. The molecule has 2 aromatic carbocycles. The third-order valence-electron chi connectivity index (χ3n) is 3.72. The number of hydrogen-bond acceptors (Lipinski definition) is 4. The third kappa shape index (κ3) is 4.24. The van der Waals surface area contributed by atoms with Crippen LogP contribution in [0.2, 0.25) is 0 Å². The van der Waals surface area contributed by atoms with Gasteiger partial charge in [-0.2, -0.15) is 0 Å². The topological polar surface area (TPSA) is 42.7 Å². The zero-order valence-electron chi connectivity index (χ0n) is 13.4. The van der Waals surface area contributed by atoms with Gasteiger partial charge < -0.3 is 9.15 Å². The maximum atomic E-state index is 11.8. The van der Waals surface area contributed by atoms with Gasteiger partial charge in [0.25, 0.3) is 0 Å². The number of halogens is 1. The van der Waals surface area contributed by atoms with E-state index in [1.807, 2.05) is 55.6 Å². The highest BCUT2D eigenvalue weighted by Crippen LogP contribution is 2.22. The van der Waals surface area contributed by atoms with E-state index in [0.717, 1.165) is 27.7 Å². The van der Waals surface area contributed by atoms with Crippen LogP contribution >= 0.6 is 15.9 Å². The molecule has 3 rings (SSSR count). The average molecular weight is 388 g/mol. The fourth-order valence-electron chi connectivity index (χ4n) is 2.54. The molecule has 0 spiro atoms. The third-order valence-corrected chi connectivity index (χ3v) is 4.21. The Morgan fingerprint density at radius 3 is 2.71 bits per heavy atom. The summed E-state index contributed by atoms with van der Waals surface area (Å²) in [7, 11) is 2.01. The number of hydrogen-bond donors (Lipinski definition) is 0. The number of ether oxygens (including phenoxy) is 1. The predicted octanol–water partition coefficient (Wildman–Crippen LogP) is 4.07. The summed E-state index contributed by atoms with van der Waals surface area (Å²) >= 11 is 3.40. The zero-order valence-corrected chi connectivity index (χ0v) is 15.0. The van der Waals surface area contributed by atoms with Gasteiger partial charge in [-0.15, -0.1) is 0 Å². The molecule has 0 radical (unpaired) electrons. The highest BCUT2D eigenvalue weighted by Gasteiger charge is 2.09. The van der Waals surface area contributed by atoms with Crippen LogP contribution in [0.1, 0.15) is 5.56 Å². The summed E-state index contributed by atoms with van der Waals surface area (Å²) in [5, 5.41) is 0.952. The van der Waals surface area contributed by atoms with Crippen molar-refractivity contribution in [2.24, 2.45) is 0 Å². The lowest BCUT2D eigenvalue weighted by atomic mass is 10.1. The van der Waals surface area contributed by atoms with Gasteiger partial charge in [-0.25, -0.2) is 4.79 Å². The number of benzene rings is 2. The Balaban J connectivity index is 1.67. The van der Waals surface area contributed by atoms with Crippen molar-refractivity contribution in [3.05, 3.63) is 75.1 Å². The van der Waals surface area contributed by atoms with E-state index in [0.29, 0.717) is 18.7 Å². The Kier molecular flexibility index (Phi) is 5.33. The highest BCUT2D eigenvalue weighted by molar-refractivity contribution is 9.10. The van der Waals surface area contributed by atoms with Crippen LogP contribution < -0.4 is 10.4 Å². The van der Waals surface area contributed by atoms with Crippen molar-refractivity contribution in [2.45, 2.75) is 6.54 Å². The first-order chi connectivity index (χ1) is 11.6. The largest absolute Gasteiger partial charge is 0.492 e. The molecule has 0 aliphatic rings. The van der Waals surface area contributed by atoms with E-state index in [4.69, 9.17) is 9.15 Å². The Bertz CT molecular complexity index is 877. The predicted molar refractivity (Wildman–Crippen MR) is 98.5 cm³/mol. The van der Waals surface area contributed by atoms with Crippen LogP contribution in [0.5, 0.6) is 5.75 Å². The molecule has 24 heavy (non-hydrogen) atoms. The summed E-state index contributed by atoms with van der Waals surface area (Å²) in [4.78, 5) is 13.9. The van der Waals surface area contributed by atoms with Crippen molar-refractivity contribution >= 4 is 26.9 Å². The van der Waals surface area contributed by atoms with Gasteiger partial charge in [0.1, 0.15) is 17.9 Å². The van der Waals surface area contributed by atoms with Crippen molar-refractivity contribution in [3.8, 4) is 5.75 Å². The van der Waals surface area contributed by atoms with E-state index in [1.165, 1.54) is 0 Å². The first kappa shape index (κ1) is 16.7. The number of rotatable bonds is 6. The number of fused-ring (bicyclic) bond motifs is 1. The van der Waals surface area contributed by atoms with Gasteiger partial charge in [-0.1, -0.05) is 34.1 Å². The molecule has 0 fully saturated rings. The second kappa shape index (κ2) is 7.64. The van der Waals surface area contributed by atoms with Crippen LogP contribution in [0.3, 0.4) is 0 Å². The maximum absolute atomic E-state index is 11.8. The molecule has 1 heterocycles. The maximum Gasteiger partial charge on any atom is 0.336 e. The lowest BCUT2D eigenvalue weighted by molar-refractivity contribution is 0.233. The Hall–Kier alpha value is -2.11. The normalized spacial score (nSPS) is 11.1. The lowest BCUT2D eigenvalue weighted by Gasteiger charge is -2.18. The van der Waals surface area contributed by atoms with Gasteiger partial charge in [-0.05, 0) is 42.9 Å². The standard InChI is InChI=1S/C19H18BrNO3/c1-21(9-10-23-16-5-3-2-4-6-16)13-14-11-19(22)24-18-12-15(20)7-8-17(14)18/h2-8,11-12H,9-10,13H2,1H3. The second-order valence-corrected chi connectivity index (χ2v) is 6.55. The first-order valence-corrected chi connectivity index (χ1v) is 8.50. The molecule has 0 aliphatic heterocycles. The molecule has 0 amide bonds. The summed E-state index contributed by atoms with van der Waals surface area (Å²) in [5.41, 5.74) is 1.22. The van der Waals surface area contributed by atoms with Gasteiger partial charge in [-0.3, -0.25) is 4.90 Å². The Morgan fingerprint density at radius 1 is 1.12 bits per heavy atom. The number of nitrogens with zero attached hydrogens (tertiary/aromatic N) is 1. The lowest BCUT2D eigenvalue weighted by Crippen LogP contribution is -2.24. The Morgan fingerprint density at radius 2 is 1.92 bits per heavy atom. The van der Waals surface area contributed by atoms with Gasteiger partial charge in [0, 0.05) is 29.0 Å². The van der Waals surface area contributed by atoms with Crippen molar-refractivity contribution in [1.82, 2.24) is 4.90 Å². The van der Waals surface area contributed by atoms with E-state index >= 15 is 0 Å². The minimum absolute atomic E-state index is 0.329. The number of likely N-dealkylation sites (N-methyl/N-ethyl adjacent to an activating group) is 1. The first-order valence-electron chi connectivity index (χ1n) is 7.70. The molecule has 3 aromatic rings. The van der Waals surface area contributed by atoms with Gasteiger partial charge in [0.2, 0.25) is 0 Å². The molecule has 124 valence electrons. The van der Waals surface area contributed by atoms with Crippen LogP contribution in [0, 0.1) is 0 Å². The monoisotopic (exact) mass is 387 g/mol. The molecule has 0 saturated carbocycles. The van der Waals surface area contributed by atoms with E-state index in [2.05, 4.69) is 20.8 Å². The fraction of sp³-hybridized carbons (Fsp3) is 0.211. The molecule has 1 aromatic heterocycles. The van der Waals surface area contributed by atoms with E-state index in [-0.39, 0.29) is 5.63 Å². The fourth-order valence-corrected chi connectivity index (χ4v) is 2.88. The van der Waals surface area contributed by atoms with Crippen molar-refractivity contribution in [1.29, 1.82) is 0 Å². The molecular weight excluding hydrogens is 370 g/mol. The van der Waals surface area contributed by atoms with Crippen LogP contribution in [-0.2, 0) is 6.54 Å². The van der Waals surface area contributed by atoms with E-state index < -0.39 is 0 Å². The molecule has 0 aliphatic carbocycles. The summed E-state index contributed by atoms with van der Waals surface area (Å²) < 4.78 is 11.9. The van der Waals surface area contributed by atoms with Crippen LogP contribution in [0.4, 0.5) is 0 Å². The van der Waals surface area contributed by atoms with Gasteiger partial charge in [0.05, 0.1) is 0 Å². The zero-order chi connectivity index (χ0) is 16.9. The second-order valence-electron chi connectivity index (χ2n) is 5.63. The van der Waals surface area contributed by atoms with Crippen LogP contribution in [-0.4, -0.2) is 25.1 Å². The van der Waals surface area contributed by atoms with Crippen molar-refractivity contribution < 1.29 is 9.15 Å². The molecule has 0 bridgehead atoms. The molecular formula is C19H18BrNO3. The molecule has 0 saturated heterocycles. The summed E-state index contributed by atoms with van der Waals surface area (Å²) in [6.07, 6.45) is 0. The summed E-state index contributed by atoms with van der Waals surface area (Å²) in [6, 6.07) is 17.0. The van der Waals surface area contributed by atoms with Gasteiger partial charge in [0.15, 0.2) is 0 Å². The van der Waals surface area contributed by atoms with Crippen LogP contribution in [0.25, 0.3) is 11.0 Å². The summed E-state index contributed by atoms with van der Waals surface area (Å²) in [6.45, 7) is 2.00. The molecule has 0 unspecified atom stereocenters. The molecule has 0 atom stereocenters. The molecule has 5 heteroatoms. The van der Waals surface area contributed by atoms with E-state index in [1.54, 1.807) is 6.07 Å². The van der Waals surface area contributed by atoms with Crippen molar-refractivity contribution in [3.63, 3.8) is 0 Å². The quantitative estimate of drug-likeness (QED) is 0.598. The summed E-state index contributed by atoms with van der Waals surface area (Å²) in [5.74, 6) is 0.863. The van der Waals surface area contributed by atoms with Crippen molar-refractivity contribution in [2.75, 3.05) is 20.2 Å². The Labute approximate surface area is 148 Å². The highest BCUT2D eigenvalue weighted by atomic mass is 79.9. The smallest absolute Gasteiger partial charge is 0.336 e. The molecule has 0 N–H and O–H groups in total.